The molecule has 70 valence electrons. The molecule has 0 unspecified atom stereocenters. The van der Waals surface area contributed by atoms with Crippen LogP contribution in [0.15, 0.2) is 18.2 Å². The van der Waals surface area contributed by atoms with Crippen molar-refractivity contribution < 1.29 is 8.78 Å². The van der Waals surface area contributed by atoms with Crippen molar-refractivity contribution in [1.29, 1.82) is 0 Å². The molecule has 0 atom stereocenters. The fourth-order valence-electron chi connectivity index (χ4n) is 1.52. The molecule has 2 rings (SSSR count). The van der Waals surface area contributed by atoms with Gasteiger partial charge in [0.15, 0.2) is 0 Å². The molecule has 13 heavy (non-hydrogen) atoms. The molecule has 1 saturated carbocycles. The number of halogens is 3. The van der Waals surface area contributed by atoms with Gasteiger partial charge >= 0.3 is 0 Å². The van der Waals surface area contributed by atoms with Crippen molar-refractivity contribution in [3.05, 3.63) is 29.0 Å². The highest BCUT2D eigenvalue weighted by Gasteiger charge is 2.46. The van der Waals surface area contributed by atoms with Crippen molar-refractivity contribution in [2.45, 2.75) is 24.7 Å². The van der Waals surface area contributed by atoms with Crippen LogP contribution in [0, 0.1) is 0 Å². The van der Waals surface area contributed by atoms with Gasteiger partial charge < -0.3 is 0 Å². The average molecular weight is 204 g/mol. The molecule has 1 nitrogen and oxygen atoms in total. The zero-order chi connectivity index (χ0) is 9.47. The Morgan fingerprint density at radius 2 is 2.08 bits per heavy atom. The molecule has 0 aromatic carbocycles. The SMILES string of the molecule is FC1(F)CC(c2cccc(Cl)n2)C1. The molecular weight excluding hydrogens is 196 g/mol. The van der Waals surface area contributed by atoms with E-state index in [-0.39, 0.29) is 18.8 Å². The smallest absolute Gasteiger partial charge is 0.241 e. The number of hydrogen-bond donors (Lipinski definition) is 0. The average Bonchev–Trinajstić information content (AvgIpc) is 2.00. The molecule has 0 spiro atoms. The predicted octanol–water partition coefficient (Wildman–Crippen LogP) is 3.25. The minimum absolute atomic E-state index is 0.0969. The van der Waals surface area contributed by atoms with Gasteiger partial charge in [-0.3, -0.25) is 0 Å². The largest absolute Gasteiger partial charge is 0.249 e. The summed E-state index contributed by atoms with van der Waals surface area (Å²) in [5.41, 5.74) is 0.679. The van der Waals surface area contributed by atoms with Crippen LogP contribution in [-0.2, 0) is 0 Å². The van der Waals surface area contributed by atoms with E-state index in [0.717, 1.165) is 0 Å². The molecular formula is C9H8ClF2N. The highest BCUT2D eigenvalue weighted by molar-refractivity contribution is 6.29. The summed E-state index contributed by atoms with van der Waals surface area (Å²) in [7, 11) is 0. The first-order chi connectivity index (χ1) is 6.07. The minimum atomic E-state index is -2.49. The van der Waals surface area contributed by atoms with Gasteiger partial charge in [-0.1, -0.05) is 17.7 Å². The van der Waals surface area contributed by atoms with Gasteiger partial charge in [0.05, 0.1) is 0 Å². The molecule has 1 aliphatic carbocycles. The van der Waals surface area contributed by atoms with Gasteiger partial charge in [0, 0.05) is 24.5 Å². The molecule has 0 amide bonds. The molecule has 1 fully saturated rings. The van der Waals surface area contributed by atoms with Crippen molar-refractivity contribution >= 4 is 11.6 Å². The van der Waals surface area contributed by atoms with Crippen LogP contribution in [-0.4, -0.2) is 10.9 Å². The Kier molecular flexibility index (Phi) is 1.99. The van der Waals surface area contributed by atoms with E-state index in [2.05, 4.69) is 4.98 Å². The maximum Gasteiger partial charge on any atom is 0.249 e. The van der Waals surface area contributed by atoms with E-state index in [1.807, 2.05) is 0 Å². The van der Waals surface area contributed by atoms with Crippen LogP contribution < -0.4 is 0 Å². The van der Waals surface area contributed by atoms with Crippen LogP contribution in [0.3, 0.4) is 0 Å². The van der Waals surface area contributed by atoms with Gasteiger partial charge in [-0.05, 0) is 12.1 Å². The van der Waals surface area contributed by atoms with E-state index in [0.29, 0.717) is 10.8 Å². The summed E-state index contributed by atoms with van der Waals surface area (Å²) in [6, 6.07) is 5.12. The van der Waals surface area contributed by atoms with Gasteiger partial charge in [0.2, 0.25) is 5.92 Å². The Morgan fingerprint density at radius 1 is 1.38 bits per heavy atom. The number of aromatic nitrogens is 1. The van der Waals surface area contributed by atoms with Crippen molar-refractivity contribution in [1.82, 2.24) is 4.98 Å². The van der Waals surface area contributed by atoms with Crippen LogP contribution in [0.5, 0.6) is 0 Å². The zero-order valence-corrected chi connectivity index (χ0v) is 7.56. The van der Waals surface area contributed by atoms with Gasteiger partial charge in [-0.2, -0.15) is 0 Å². The maximum absolute atomic E-state index is 12.5. The van der Waals surface area contributed by atoms with Gasteiger partial charge in [-0.15, -0.1) is 0 Å². The summed E-state index contributed by atoms with van der Waals surface area (Å²) in [5, 5.41) is 0.368. The van der Waals surface area contributed by atoms with E-state index in [1.54, 1.807) is 18.2 Å². The van der Waals surface area contributed by atoms with Crippen LogP contribution in [0.2, 0.25) is 5.15 Å². The van der Waals surface area contributed by atoms with Crippen molar-refractivity contribution in [2.75, 3.05) is 0 Å². The number of pyridine rings is 1. The zero-order valence-electron chi connectivity index (χ0n) is 6.80. The van der Waals surface area contributed by atoms with Crippen molar-refractivity contribution in [3.8, 4) is 0 Å². The lowest BCUT2D eigenvalue weighted by molar-refractivity contribution is -0.0876. The second kappa shape index (κ2) is 2.91. The lowest BCUT2D eigenvalue weighted by Gasteiger charge is -2.34. The number of nitrogens with zero attached hydrogens (tertiary/aromatic N) is 1. The van der Waals surface area contributed by atoms with Gasteiger partial charge in [0.25, 0.3) is 0 Å². The monoisotopic (exact) mass is 203 g/mol. The molecule has 0 N–H and O–H groups in total. The van der Waals surface area contributed by atoms with E-state index >= 15 is 0 Å². The van der Waals surface area contributed by atoms with Crippen molar-refractivity contribution in [2.24, 2.45) is 0 Å². The lowest BCUT2D eigenvalue weighted by atomic mass is 9.79. The van der Waals surface area contributed by atoms with E-state index in [4.69, 9.17) is 11.6 Å². The molecule has 0 bridgehead atoms. The first-order valence-corrected chi connectivity index (χ1v) is 4.45. The van der Waals surface area contributed by atoms with E-state index < -0.39 is 5.92 Å². The van der Waals surface area contributed by atoms with Crippen LogP contribution in [0.25, 0.3) is 0 Å². The second-order valence-corrected chi connectivity index (χ2v) is 3.73. The normalized spacial score (nSPS) is 21.2. The standard InChI is InChI=1S/C9H8ClF2N/c10-8-3-1-2-7(13-8)6-4-9(11,12)5-6/h1-3,6H,4-5H2. The third-order valence-electron chi connectivity index (χ3n) is 2.25. The summed E-state index contributed by atoms with van der Waals surface area (Å²) in [6.07, 6.45) is -0.194. The quantitative estimate of drug-likeness (QED) is 0.639. The Morgan fingerprint density at radius 3 is 2.62 bits per heavy atom. The number of rotatable bonds is 1. The highest BCUT2D eigenvalue weighted by Crippen LogP contribution is 2.47. The third-order valence-corrected chi connectivity index (χ3v) is 2.46. The predicted molar refractivity (Wildman–Crippen MR) is 46.2 cm³/mol. The first kappa shape index (κ1) is 8.88. The molecule has 0 saturated heterocycles. The van der Waals surface area contributed by atoms with Gasteiger partial charge in [-0.25, -0.2) is 13.8 Å². The summed E-state index contributed by atoms with van der Waals surface area (Å²) in [5.74, 6) is -2.61. The van der Waals surface area contributed by atoms with Crippen LogP contribution in [0.1, 0.15) is 24.5 Å². The number of alkyl halides is 2. The number of hydrogen-bond acceptors (Lipinski definition) is 1. The summed E-state index contributed by atoms with van der Waals surface area (Å²) >= 11 is 5.64. The molecule has 0 aliphatic heterocycles. The topological polar surface area (TPSA) is 12.9 Å². The summed E-state index contributed by atoms with van der Waals surface area (Å²) < 4.78 is 25.0. The second-order valence-electron chi connectivity index (χ2n) is 3.35. The first-order valence-electron chi connectivity index (χ1n) is 4.07. The fourth-order valence-corrected chi connectivity index (χ4v) is 1.69. The fraction of sp³-hybridized carbons (Fsp3) is 0.444. The van der Waals surface area contributed by atoms with Crippen molar-refractivity contribution in [3.63, 3.8) is 0 Å². The minimum Gasteiger partial charge on any atom is -0.241 e. The van der Waals surface area contributed by atoms with Crippen LogP contribution in [0.4, 0.5) is 8.78 Å². The Hall–Kier alpha value is -0.700. The molecule has 1 aromatic rings. The van der Waals surface area contributed by atoms with Gasteiger partial charge in [0.1, 0.15) is 5.15 Å². The Balaban J connectivity index is 2.11. The third kappa shape index (κ3) is 1.80. The summed E-state index contributed by atoms with van der Waals surface area (Å²) in [6.45, 7) is 0. The van der Waals surface area contributed by atoms with E-state index in [1.165, 1.54) is 0 Å². The van der Waals surface area contributed by atoms with E-state index in [9.17, 15) is 8.78 Å². The molecule has 0 radical (unpaired) electrons. The highest BCUT2D eigenvalue weighted by atomic mass is 35.5. The lowest BCUT2D eigenvalue weighted by Crippen LogP contribution is -2.34. The Bertz CT molecular complexity index is 319. The maximum atomic E-state index is 12.5. The van der Waals surface area contributed by atoms with Crippen LogP contribution >= 0.6 is 11.6 Å². The molecule has 1 heterocycles. The molecule has 4 heteroatoms. The molecule has 1 aromatic heterocycles. The molecule has 1 aliphatic rings. The summed E-state index contributed by atoms with van der Waals surface area (Å²) in [4.78, 5) is 3.99. The Labute approximate surface area is 79.7 Å².